The van der Waals surface area contributed by atoms with Crippen molar-refractivity contribution in [3.8, 4) is 0 Å². The predicted octanol–water partition coefficient (Wildman–Crippen LogP) is 0.767. The van der Waals surface area contributed by atoms with Crippen LogP contribution in [0.1, 0.15) is 45.4 Å². The van der Waals surface area contributed by atoms with Crippen molar-refractivity contribution in [2.24, 2.45) is 0 Å². The van der Waals surface area contributed by atoms with E-state index in [0.29, 0.717) is 19.4 Å². The molecule has 0 aromatic rings. The van der Waals surface area contributed by atoms with Gasteiger partial charge in [0.2, 0.25) is 5.91 Å². The molecule has 0 aromatic carbocycles. The lowest BCUT2D eigenvalue weighted by Crippen LogP contribution is -2.52. The third kappa shape index (κ3) is 2.57. The molecule has 2 aliphatic rings. The minimum Gasteiger partial charge on any atom is -0.355 e. The Balaban J connectivity index is 2.19. The van der Waals surface area contributed by atoms with Crippen molar-refractivity contribution >= 4 is 17.8 Å². The van der Waals surface area contributed by atoms with E-state index < -0.39 is 11.6 Å². The van der Waals surface area contributed by atoms with Crippen molar-refractivity contribution in [2.75, 3.05) is 13.1 Å². The highest BCUT2D eigenvalue weighted by Gasteiger charge is 2.52. The second kappa shape index (κ2) is 5.59. The van der Waals surface area contributed by atoms with Crippen LogP contribution in [-0.4, -0.2) is 41.4 Å². The van der Waals surface area contributed by atoms with Gasteiger partial charge < -0.3 is 10.2 Å². The average molecular weight is 267 g/mol. The lowest BCUT2D eigenvalue weighted by atomic mass is 9.88. The van der Waals surface area contributed by atoms with Crippen molar-refractivity contribution in [2.45, 2.75) is 51.0 Å². The van der Waals surface area contributed by atoms with E-state index >= 15 is 0 Å². The highest BCUT2D eigenvalue weighted by atomic mass is 16.2. The second-order valence-corrected chi connectivity index (χ2v) is 5.24. The van der Waals surface area contributed by atoms with Gasteiger partial charge in [-0.1, -0.05) is 25.7 Å². The van der Waals surface area contributed by atoms with Crippen LogP contribution in [0.5, 0.6) is 0 Å². The standard InChI is InChI=1S/C13H21N3O3/c1-2-14-10(17)9-16-12(19)15-11(18)13(16)7-5-3-4-6-8-13/h2-9H2,1H3,(H,14,17)(H,15,18,19). The van der Waals surface area contributed by atoms with Crippen LogP contribution in [0.3, 0.4) is 0 Å². The maximum atomic E-state index is 12.2. The van der Waals surface area contributed by atoms with Gasteiger partial charge >= 0.3 is 6.03 Å². The smallest absolute Gasteiger partial charge is 0.325 e. The molecule has 1 saturated heterocycles. The van der Waals surface area contributed by atoms with Gasteiger partial charge in [-0.05, 0) is 19.8 Å². The van der Waals surface area contributed by atoms with Crippen LogP contribution in [0.15, 0.2) is 0 Å². The molecule has 2 fully saturated rings. The van der Waals surface area contributed by atoms with Gasteiger partial charge in [-0.2, -0.15) is 0 Å². The minimum atomic E-state index is -0.793. The predicted molar refractivity (Wildman–Crippen MR) is 69.4 cm³/mol. The molecule has 0 radical (unpaired) electrons. The number of nitrogens with zero attached hydrogens (tertiary/aromatic N) is 1. The molecule has 1 aliphatic carbocycles. The van der Waals surface area contributed by atoms with Gasteiger partial charge in [0.15, 0.2) is 0 Å². The molecule has 1 heterocycles. The Kier molecular flexibility index (Phi) is 4.07. The van der Waals surface area contributed by atoms with Gasteiger partial charge in [-0.15, -0.1) is 0 Å². The Labute approximate surface area is 112 Å². The lowest BCUT2D eigenvalue weighted by Gasteiger charge is -2.33. The van der Waals surface area contributed by atoms with Gasteiger partial charge in [0.05, 0.1) is 0 Å². The number of hydrogen-bond donors (Lipinski definition) is 2. The molecule has 0 bridgehead atoms. The summed E-state index contributed by atoms with van der Waals surface area (Å²) >= 11 is 0. The van der Waals surface area contributed by atoms with Crippen LogP contribution in [0.4, 0.5) is 4.79 Å². The van der Waals surface area contributed by atoms with Gasteiger partial charge in [0.25, 0.3) is 5.91 Å². The normalized spacial score (nSPS) is 22.3. The first-order valence-electron chi connectivity index (χ1n) is 7.00. The molecule has 0 aromatic heterocycles. The van der Waals surface area contributed by atoms with Crippen molar-refractivity contribution in [1.82, 2.24) is 15.5 Å². The molecular formula is C13H21N3O3. The molecular weight excluding hydrogens is 246 g/mol. The molecule has 1 spiro atoms. The summed E-state index contributed by atoms with van der Waals surface area (Å²) in [6.45, 7) is 2.31. The lowest BCUT2D eigenvalue weighted by molar-refractivity contribution is -0.129. The molecule has 106 valence electrons. The highest BCUT2D eigenvalue weighted by Crippen LogP contribution is 2.35. The van der Waals surface area contributed by atoms with E-state index in [1.54, 1.807) is 0 Å². The quantitative estimate of drug-likeness (QED) is 0.741. The maximum Gasteiger partial charge on any atom is 0.325 e. The number of hydrogen-bond acceptors (Lipinski definition) is 3. The Bertz CT molecular complexity index is 387. The van der Waals surface area contributed by atoms with E-state index in [2.05, 4.69) is 10.6 Å². The van der Waals surface area contributed by atoms with Crippen LogP contribution >= 0.6 is 0 Å². The summed E-state index contributed by atoms with van der Waals surface area (Å²) in [6.07, 6.45) is 5.32. The fraction of sp³-hybridized carbons (Fsp3) is 0.769. The summed E-state index contributed by atoms with van der Waals surface area (Å²) in [6, 6.07) is -0.432. The maximum absolute atomic E-state index is 12.2. The first-order valence-corrected chi connectivity index (χ1v) is 7.00. The first-order chi connectivity index (χ1) is 9.10. The Hall–Kier alpha value is -1.59. The number of urea groups is 1. The summed E-state index contributed by atoms with van der Waals surface area (Å²) in [4.78, 5) is 37.2. The van der Waals surface area contributed by atoms with Crippen molar-refractivity contribution in [3.05, 3.63) is 0 Å². The SMILES string of the molecule is CCNC(=O)CN1C(=O)NC(=O)C12CCCCCC2. The molecule has 6 nitrogen and oxygen atoms in total. The minimum absolute atomic E-state index is 0.0363. The summed E-state index contributed by atoms with van der Waals surface area (Å²) in [5, 5.41) is 5.04. The molecule has 19 heavy (non-hydrogen) atoms. The van der Waals surface area contributed by atoms with E-state index in [1.165, 1.54) is 4.90 Å². The fourth-order valence-electron chi connectivity index (χ4n) is 3.03. The Morgan fingerprint density at radius 3 is 2.47 bits per heavy atom. The van der Waals surface area contributed by atoms with Gasteiger partial charge in [-0.25, -0.2) is 4.79 Å². The Morgan fingerprint density at radius 2 is 1.89 bits per heavy atom. The van der Waals surface area contributed by atoms with Crippen molar-refractivity contribution in [1.29, 1.82) is 0 Å². The van der Waals surface area contributed by atoms with Crippen molar-refractivity contribution < 1.29 is 14.4 Å². The summed E-state index contributed by atoms with van der Waals surface area (Å²) in [7, 11) is 0. The van der Waals surface area contributed by atoms with Gasteiger partial charge in [-0.3, -0.25) is 14.9 Å². The molecule has 0 atom stereocenters. The molecule has 6 heteroatoms. The van der Waals surface area contributed by atoms with Crippen LogP contribution in [0.25, 0.3) is 0 Å². The number of likely N-dealkylation sites (N-methyl/N-ethyl adjacent to an activating group) is 1. The molecule has 1 aliphatic heterocycles. The van der Waals surface area contributed by atoms with Crippen molar-refractivity contribution in [3.63, 3.8) is 0 Å². The highest BCUT2D eigenvalue weighted by molar-refractivity contribution is 6.08. The van der Waals surface area contributed by atoms with E-state index in [0.717, 1.165) is 25.7 Å². The third-order valence-corrected chi connectivity index (χ3v) is 4.01. The van der Waals surface area contributed by atoms with Crippen LogP contribution < -0.4 is 10.6 Å². The molecule has 0 unspecified atom stereocenters. The zero-order chi connectivity index (χ0) is 13.9. The number of imide groups is 1. The monoisotopic (exact) mass is 267 g/mol. The number of nitrogens with one attached hydrogen (secondary N) is 2. The zero-order valence-electron chi connectivity index (χ0n) is 11.3. The average Bonchev–Trinajstić information content (AvgIpc) is 2.58. The fourth-order valence-corrected chi connectivity index (χ4v) is 3.03. The topological polar surface area (TPSA) is 78.5 Å². The summed E-state index contributed by atoms with van der Waals surface area (Å²) < 4.78 is 0. The largest absolute Gasteiger partial charge is 0.355 e. The summed E-state index contributed by atoms with van der Waals surface area (Å²) in [5.41, 5.74) is -0.793. The van der Waals surface area contributed by atoms with Crippen LogP contribution in [-0.2, 0) is 9.59 Å². The van der Waals surface area contributed by atoms with E-state index in [-0.39, 0.29) is 18.4 Å². The van der Waals surface area contributed by atoms with E-state index in [9.17, 15) is 14.4 Å². The molecule has 2 rings (SSSR count). The number of amides is 4. The van der Waals surface area contributed by atoms with Crippen LogP contribution in [0.2, 0.25) is 0 Å². The number of carbonyl (C=O) groups is 3. The van der Waals surface area contributed by atoms with Gasteiger partial charge in [0.1, 0.15) is 12.1 Å². The first kappa shape index (κ1) is 13.8. The number of rotatable bonds is 3. The van der Waals surface area contributed by atoms with E-state index in [4.69, 9.17) is 0 Å². The molecule has 4 amide bonds. The van der Waals surface area contributed by atoms with Crippen LogP contribution in [0, 0.1) is 0 Å². The Morgan fingerprint density at radius 1 is 1.26 bits per heavy atom. The second-order valence-electron chi connectivity index (χ2n) is 5.24. The zero-order valence-corrected chi connectivity index (χ0v) is 11.3. The van der Waals surface area contributed by atoms with Gasteiger partial charge in [0, 0.05) is 6.54 Å². The molecule has 1 saturated carbocycles. The molecule has 2 N–H and O–H groups in total. The van der Waals surface area contributed by atoms with E-state index in [1.807, 2.05) is 6.92 Å². The summed E-state index contributed by atoms with van der Waals surface area (Å²) in [5.74, 6) is -0.445. The third-order valence-electron chi connectivity index (χ3n) is 4.01. The number of carbonyl (C=O) groups excluding carboxylic acids is 3.